The van der Waals surface area contributed by atoms with E-state index in [-0.39, 0.29) is 0 Å². The van der Waals surface area contributed by atoms with E-state index < -0.39 is 5.60 Å². The third-order valence-electron chi connectivity index (χ3n) is 2.37. The van der Waals surface area contributed by atoms with E-state index in [1.54, 1.807) is 7.11 Å². The molecule has 4 heteroatoms. The van der Waals surface area contributed by atoms with Crippen molar-refractivity contribution in [1.82, 2.24) is 0 Å². The maximum Gasteiger partial charge on any atom is 0.102 e. The fourth-order valence-corrected chi connectivity index (χ4v) is 1.64. The van der Waals surface area contributed by atoms with E-state index >= 15 is 0 Å². The summed E-state index contributed by atoms with van der Waals surface area (Å²) in [7, 11) is 1.65. The van der Waals surface area contributed by atoms with E-state index in [1.165, 1.54) is 0 Å². The topological polar surface area (TPSA) is 35.2 Å². The first-order valence-electron chi connectivity index (χ1n) is 4.24. The summed E-state index contributed by atoms with van der Waals surface area (Å²) in [5, 5.41) is 0.684. The number of nitrogens with two attached hydrogens (primary N) is 1. The van der Waals surface area contributed by atoms with Crippen LogP contribution in [0.3, 0.4) is 0 Å². The molecule has 14 heavy (non-hydrogen) atoms. The highest BCUT2D eigenvalue weighted by Crippen LogP contribution is 2.30. The van der Waals surface area contributed by atoms with Crippen molar-refractivity contribution in [3.8, 4) is 0 Å². The summed E-state index contributed by atoms with van der Waals surface area (Å²) in [4.78, 5) is 0. The Hall–Kier alpha value is -0.0900. The zero-order valence-corrected chi connectivity index (χ0v) is 10.5. The first-order valence-corrected chi connectivity index (χ1v) is 5.41. The molecule has 2 N–H and O–H groups in total. The normalized spacial score (nSPS) is 15.2. The van der Waals surface area contributed by atoms with E-state index in [0.29, 0.717) is 11.6 Å². The van der Waals surface area contributed by atoms with Gasteiger partial charge in [0, 0.05) is 18.1 Å². The maximum absolute atomic E-state index is 5.90. The van der Waals surface area contributed by atoms with Crippen LogP contribution in [0.25, 0.3) is 0 Å². The smallest absolute Gasteiger partial charge is 0.102 e. The number of hydrogen-bond acceptors (Lipinski definition) is 2. The van der Waals surface area contributed by atoms with Crippen LogP contribution in [0.2, 0.25) is 5.02 Å². The molecule has 1 atom stereocenters. The van der Waals surface area contributed by atoms with Gasteiger partial charge in [-0.15, -0.1) is 0 Å². The van der Waals surface area contributed by atoms with Crippen LogP contribution in [-0.4, -0.2) is 13.7 Å². The second kappa shape index (κ2) is 4.62. The van der Waals surface area contributed by atoms with Gasteiger partial charge in [-0.3, -0.25) is 0 Å². The van der Waals surface area contributed by atoms with Crippen molar-refractivity contribution >= 4 is 27.5 Å². The molecule has 0 heterocycles. The molecule has 0 saturated carbocycles. The summed E-state index contributed by atoms with van der Waals surface area (Å²) >= 11 is 9.27. The van der Waals surface area contributed by atoms with Gasteiger partial charge in [0.2, 0.25) is 0 Å². The Labute approximate surface area is 97.5 Å². The van der Waals surface area contributed by atoms with Crippen LogP contribution in [0.15, 0.2) is 22.7 Å². The minimum atomic E-state index is -0.451. The molecule has 0 bridgehead atoms. The molecule has 1 aromatic carbocycles. The largest absolute Gasteiger partial charge is 0.372 e. The maximum atomic E-state index is 5.90. The highest BCUT2D eigenvalue weighted by Gasteiger charge is 2.24. The van der Waals surface area contributed by atoms with Gasteiger partial charge >= 0.3 is 0 Å². The Morgan fingerprint density at radius 3 is 2.64 bits per heavy atom. The fraction of sp³-hybridized carbons (Fsp3) is 0.400. The summed E-state index contributed by atoms with van der Waals surface area (Å²) < 4.78 is 6.23. The zero-order valence-electron chi connectivity index (χ0n) is 8.18. The molecule has 2 nitrogen and oxygen atoms in total. The number of benzene rings is 1. The SMILES string of the molecule is COC(C)(CN)c1ccc(Cl)c(Br)c1. The van der Waals surface area contributed by atoms with E-state index in [0.717, 1.165) is 10.0 Å². The Morgan fingerprint density at radius 2 is 2.21 bits per heavy atom. The van der Waals surface area contributed by atoms with Gasteiger partial charge < -0.3 is 10.5 Å². The third kappa shape index (κ3) is 2.28. The Kier molecular flexibility index (Phi) is 3.95. The molecule has 0 fully saturated rings. The highest BCUT2D eigenvalue weighted by atomic mass is 79.9. The highest BCUT2D eigenvalue weighted by molar-refractivity contribution is 9.10. The van der Waals surface area contributed by atoms with Crippen molar-refractivity contribution in [2.45, 2.75) is 12.5 Å². The lowest BCUT2D eigenvalue weighted by Gasteiger charge is -2.27. The van der Waals surface area contributed by atoms with Crippen molar-refractivity contribution < 1.29 is 4.74 Å². The van der Waals surface area contributed by atoms with Gasteiger partial charge in [-0.1, -0.05) is 17.7 Å². The minimum absolute atomic E-state index is 0.428. The van der Waals surface area contributed by atoms with Crippen LogP contribution < -0.4 is 5.73 Å². The van der Waals surface area contributed by atoms with Crippen LogP contribution >= 0.6 is 27.5 Å². The second-order valence-corrected chi connectivity index (χ2v) is 4.53. The molecule has 0 aromatic heterocycles. The lowest BCUT2D eigenvalue weighted by Crippen LogP contribution is -2.33. The molecule has 0 spiro atoms. The molecule has 0 aliphatic heterocycles. The van der Waals surface area contributed by atoms with E-state index in [2.05, 4.69) is 15.9 Å². The van der Waals surface area contributed by atoms with E-state index in [9.17, 15) is 0 Å². The molecule has 1 unspecified atom stereocenters. The molecule has 1 rings (SSSR count). The van der Waals surface area contributed by atoms with Gasteiger partial charge in [-0.05, 0) is 40.5 Å². The average Bonchev–Trinajstić information content (AvgIpc) is 2.21. The number of ether oxygens (including phenoxy) is 1. The van der Waals surface area contributed by atoms with Crippen molar-refractivity contribution in [1.29, 1.82) is 0 Å². The average molecular weight is 279 g/mol. The summed E-state index contributed by atoms with van der Waals surface area (Å²) in [5.41, 5.74) is 6.23. The van der Waals surface area contributed by atoms with Crippen molar-refractivity contribution in [2.24, 2.45) is 5.73 Å². The summed E-state index contributed by atoms with van der Waals surface area (Å²) in [6, 6.07) is 5.68. The predicted molar refractivity (Wildman–Crippen MR) is 62.6 cm³/mol. The monoisotopic (exact) mass is 277 g/mol. The fourth-order valence-electron chi connectivity index (χ4n) is 1.14. The van der Waals surface area contributed by atoms with Gasteiger partial charge in [0.15, 0.2) is 0 Å². The molecule has 78 valence electrons. The molecular formula is C10H13BrClNO. The zero-order chi connectivity index (χ0) is 10.8. The van der Waals surface area contributed by atoms with Gasteiger partial charge in [0.05, 0.1) is 5.02 Å². The van der Waals surface area contributed by atoms with Crippen molar-refractivity contribution in [2.75, 3.05) is 13.7 Å². The van der Waals surface area contributed by atoms with Gasteiger partial charge in [0.1, 0.15) is 5.60 Å². The first kappa shape index (κ1) is 12.0. The molecule has 0 radical (unpaired) electrons. The Bertz CT molecular complexity index is 326. The van der Waals surface area contributed by atoms with Gasteiger partial charge in [0.25, 0.3) is 0 Å². The van der Waals surface area contributed by atoms with Gasteiger partial charge in [-0.25, -0.2) is 0 Å². The molecule has 0 aliphatic carbocycles. The van der Waals surface area contributed by atoms with Crippen LogP contribution in [-0.2, 0) is 10.3 Å². The second-order valence-electron chi connectivity index (χ2n) is 3.27. The Balaban J connectivity index is 3.12. The van der Waals surface area contributed by atoms with Crippen LogP contribution in [0.5, 0.6) is 0 Å². The third-order valence-corrected chi connectivity index (χ3v) is 3.58. The van der Waals surface area contributed by atoms with Crippen LogP contribution in [0.1, 0.15) is 12.5 Å². The van der Waals surface area contributed by atoms with Crippen molar-refractivity contribution in [3.05, 3.63) is 33.3 Å². The number of methoxy groups -OCH3 is 1. The standard InChI is InChI=1S/C10H13BrClNO/c1-10(6-13,14-2)7-3-4-9(12)8(11)5-7/h3-5H,6,13H2,1-2H3. The number of halogens is 2. The minimum Gasteiger partial charge on any atom is -0.372 e. The first-order chi connectivity index (χ1) is 6.53. The molecular weight excluding hydrogens is 265 g/mol. The van der Waals surface area contributed by atoms with E-state index in [4.69, 9.17) is 22.1 Å². The number of hydrogen-bond donors (Lipinski definition) is 1. The van der Waals surface area contributed by atoms with Gasteiger partial charge in [-0.2, -0.15) is 0 Å². The summed E-state index contributed by atoms with van der Waals surface area (Å²) in [6.07, 6.45) is 0. The number of rotatable bonds is 3. The van der Waals surface area contributed by atoms with Crippen LogP contribution in [0, 0.1) is 0 Å². The molecule has 0 saturated heterocycles. The Morgan fingerprint density at radius 1 is 1.57 bits per heavy atom. The molecule has 0 aliphatic rings. The predicted octanol–water partition coefficient (Wildman–Crippen LogP) is 2.92. The summed E-state index contributed by atoms with van der Waals surface area (Å²) in [5.74, 6) is 0. The van der Waals surface area contributed by atoms with Crippen molar-refractivity contribution in [3.63, 3.8) is 0 Å². The lowest BCUT2D eigenvalue weighted by atomic mass is 9.96. The summed E-state index contributed by atoms with van der Waals surface area (Å²) in [6.45, 7) is 2.38. The lowest BCUT2D eigenvalue weighted by molar-refractivity contribution is 0.0100. The van der Waals surface area contributed by atoms with E-state index in [1.807, 2.05) is 25.1 Å². The quantitative estimate of drug-likeness (QED) is 0.923. The molecule has 1 aromatic rings. The van der Waals surface area contributed by atoms with Crippen LogP contribution in [0.4, 0.5) is 0 Å². The molecule has 0 amide bonds.